The Labute approximate surface area is 480 Å². The summed E-state index contributed by atoms with van der Waals surface area (Å²) in [6.45, 7) is 14.8. The van der Waals surface area contributed by atoms with Gasteiger partial charge in [0.25, 0.3) is 0 Å². The number of unbranched alkanes of at least 4 members (excludes halogenated alkanes) is 2. The third-order valence-corrected chi connectivity index (χ3v) is 15.8. The fourth-order valence-corrected chi connectivity index (χ4v) is 11.7. The number of hydrogen-bond acceptors (Lipinski definition) is 7. The van der Waals surface area contributed by atoms with Crippen molar-refractivity contribution in [2.75, 3.05) is 26.2 Å². The molecule has 2 fully saturated rings. The zero-order chi connectivity index (χ0) is 56.7. The molecule has 0 spiro atoms. The molecule has 4 atom stereocenters. The molecule has 8 aromatic rings. The van der Waals surface area contributed by atoms with E-state index in [1.807, 2.05) is 60.9 Å². The molecule has 4 heterocycles. The molecule has 12 nitrogen and oxygen atoms in total. The number of carbonyl (C=O) groups is 3. The summed E-state index contributed by atoms with van der Waals surface area (Å²) < 4.78 is 10.3. The summed E-state index contributed by atoms with van der Waals surface area (Å²) in [6, 6.07) is 53.6. The smallest absolute Gasteiger partial charge is 0.407 e. The van der Waals surface area contributed by atoms with Gasteiger partial charge in [-0.1, -0.05) is 160 Å². The van der Waals surface area contributed by atoms with E-state index in [4.69, 9.17) is 20.4 Å². The highest BCUT2D eigenvalue weighted by atomic mass is 16.6. The fraction of sp³-hybridized carbons (Fsp3) is 0.406. The van der Waals surface area contributed by atoms with Crippen molar-refractivity contribution in [3.8, 4) is 22.3 Å². The molecule has 0 aliphatic carbocycles. The summed E-state index contributed by atoms with van der Waals surface area (Å²) in [5, 5.41) is 3.01. The molecule has 0 bridgehead atoms. The summed E-state index contributed by atoms with van der Waals surface area (Å²) in [7, 11) is 0. The van der Waals surface area contributed by atoms with Gasteiger partial charge >= 0.3 is 6.09 Å². The second-order valence-electron chi connectivity index (χ2n) is 23.3. The average Bonchev–Trinajstić information content (AvgIpc) is 4.15. The van der Waals surface area contributed by atoms with Crippen LogP contribution in [0, 0.1) is 0 Å². The van der Waals surface area contributed by atoms with Gasteiger partial charge in [-0.2, -0.15) is 0 Å². The summed E-state index contributed by atoms with van der Waals surface area (Å²) >= 11 is 0. The zero-order valence-corrected chi connectivity index (χ0v) is 48.4. The lowest BCUT2D eigenvalue weighted by Gasteiger charge is -2.34. The predicted molar refractivity (Wildman–Crippen MR) is 328 cm³/mol. The van der Waals surface area contributed by atoms with Crippen LogP contribution in [-0.2, 0) is 40.3 Å². The van der Waals surface area contributed by atoms with Crippen LogP contribution in [0.1, 0.15) is 133 Å². The van der Waals surface area contributed by atoms with Crippen LogP contribution in [0.2, 0.25) is 0 Å². The molecule has 81 heavy (non-hydrogen) atoms. The number of imidazole rings is 2. The van der Waals surface area contributed by atoms with Crippen molar-refractivity contribution >= 4 is 40.0 Å². The van der Waals surface area contributed by atoms with Crippen LogP contribution in [0.25, 0.3) is 44.3 Å². The van der Waals surface area contributed by atoms with E-state index in [2.05, 4.69) is 156 Å². The Hall–Kier alpha value is -7.57. The van der Waals surface area contributed by atoms with Gasteiger partial charge in [0.15, 0.2) is 0 Å². The number of fused-ring (bicyclic) bond motifs is 2. The number of nitrogens with two attached hydrogens (primary N) is 1. The first kappa shape index (κ1) is 58.1. The largest absolute Gasteiger partial charge is 0.444 e. The Morgan fingerprint density at radius 1 is 0.568 bits per heavy atom. The van der Waals surface area contributed by atoms with E-state index in [-0.39, 0.29) is 36.1 Å². The second-order valence-corrected chi connectivity index (χ2v) is 23.3. The van der Waals surface area contributed by atoms with Crippen LogP contribution >= 0.6 is 0 Å². The van der Waals surface area contributed by atoms with Gasteiger partial charge in [-0.15, -0.1) is 0 Å². The number of para-hydroxylation sites is 4. The third kappa shape index (κ3) is 15.7. The third-order valence-electron chi connectivity index (χ3n) is 15.8. The van der Waals surface area contributed by atoms with Gasteiger partial charge in [0.05, 0.1) is 22.1 Å². The van der Waals surface area contributed by atoms with E-state index in [1.54, 1.807) is 0 Å². The maximum absolute atomic E-state index is 13.8. The minimum absolute atomic E-state index is 0.0490. The van der Waals surface area contributed by atoms with Crippen LogP contribution < -0.4 is 11.1 Å². The maximum atomic E-state index is 13.8. The van der Waals surface area contributed by atoms with Crippen LogP contribution in [0.15, 0.2) is 158 Å². The fourth-order valence-electron chi connectivity index (χ4n) is 11.7. The Morgan fingerprint density at radius 3 is 1.44 bits per heavy atom. The number of aryl methyl sites for hydroxylation is 2. The SMILES string of the molecule is CCCCn1c([C@@H]2CCCN(C(=O)C[C@@H](Cc3ccc(-c4ccccc4)cc3)NC(=O)OC(C)(C)C)C2)nc2ccccc21.CCCCn1c([C@@H]2CCCN(C(=O)C[C@H](N)Cc3ccc(-c4ccccc4)cc3)C2)nc2ccccc21. The normalized spacial score (nSPS) is 16.4. The van der Waals surface area contributed by atoms with Gasteiger partial charge in [0.2, 0.25) is 11.8 Å². The zero-order valence-electron chi connectivity index (χ0n) is 48.4. The van der Waals surface area contributed by atoms with Crippen LogP contribution in [0.3, 0.4) is 0 Å². The van der Waals surface area contributed by atoms with Crippen LogP contribution in [0.5, 0.6) is 0 Å². The van der Waals surface area contributed by atoms with Gasteiger partial charge in [-0.05, 0) is 130 Å². The molecule has 2 aliphatic heterocycles. The highest BCUT2D eigenvalue weighted by Gasteiger charge is 2.32. The molecular weight excluding hydrogens is 1000 g/mol. The molecule has 3 N–H and O–H groups in total. The monoisotopic (exact) mass is 1090 g/mol. The number of hydrogen-bond donors (Lipinski definition) is 2. The predicted octanol–water partition coefficient (Wildman–Crippen LogP) is 13.9. The molecule has 424 valence electrons. The van der Waals surface area contributed by atoms with Crippen molar-refractivity contribution in [3.63, 3.8) is 0 Å². The van der Waals surface area contributed by atoms with Gasteiger partial charge in [0, 0.05) is 76.0 Å². The minimum atomic E-state index is -0.626. The number of alkyl carbamates (subject to hydrolysis) is 1. The summed E-state index contributed by atoms with van der Waals surface area (Å²) in [5.74, 6) is 2.87. The van der Waals surface area contributed by atoms with Crippen molar-refractivity contribution in [1.29, 1.82) is 0 Å². The first-order chi connectivity index (χ1) is 39.3. The molecule has 3 amide bonds. The van der Waals surface area contributed by atoms with Crippen molar-refractivity contribution < 1.29 is 19.1 Å². The Morgan fingerprint density at radius 2 is 0.988 bits per heavy atom. The number of ether oxygens (including phenoxy) is 1. The van der Waals surface area contributed by atoms with Crippen molar-refractivity contribution in [3.05, 3.63) is 181 Å². The van der Waals surface area contributed by atoms with E-state index < -0.39 is 17.7 Å². The summed E-state index contributed by atoms with van der Waals surface area (Å²) in [4.78, 5) is 54.0. The van der Waals surface area contributed by atoms with Gasteiger partial charge in [-0.3, -0.25) is 9.59 Å². The van der Waals surface area contributed by atoms with Crippen molar-refractivity contribution in [2.24, 2.45) is 5.73 Å². The number of rotatable bonds is 19. The number of nitrogens with one attached hydrogen (secondary N) is 1. The lowest BCUT2D eigenvalue weighted by molar-refractivity contribution is -0.133. The maximum Gasteiger partial charge on any atom is 0.407 e. The van der Waals surface area contributed by atoms with Gasteiger partial charge in [0.1, 0.15) is 17.2 Å². The van der Waals surface area contributed by atoms with E-state index in [9.17, 15) is 14.4 Å². The first-order valence-corrected chi connectivity index (χ1v) is 29.8. The number of benzene rings is 6. The van der Waals surface area contributed by atoms with Crippen molar-refractivity contribution in [1.82, 2.24) is 34.2 Å². The van der Waals surface area contributed by atoms with Crippen molar-refractivity contribution in [2.45, 2.75) is 154 Å². The van der Waals surface area contributed by atoms with Gasteiger partial charge < -0.3 is 34.7 Å². The molecule has 10 rings (SSSR count). The molecule has 12 heteroatoms. The second kappa shape index (κ2) is 27.7. The Balaban J connectivity index is 0.000000198. The standard InChI is InChI=1S/C37H46N4O3.C32H38N4O/c1-5-6-23-41-33-17-11-10-16-32(33)39-35(41)30-15-12-22-40(26-30)34(42)25-31(38-36(43)44-37(2,3)4)24-27-18-20-29(21-19-27)28-13-8-7-9-14-28;1-2-3-20-36-30-14-8-7-13-29(30)34-32(36)27-12-9-19-35(23-27)31(37)22-28(33)21-24-15-17-26(18-16-24)25-10-5-4-6-11-25/h7-11,13-14,16-21,30-31H,5-6,12,15,22-26H2,1-4H3,(H,38,43);4-8,10-11,13-18,27-28H,2-3,9,12,19-23,33H2,1H3/t30-,31-;27-,28-/m11/s1. The summed E-state index contributed by atoms with van der Waals surface area (Å²) in [5.41, 5.74) is 17.2. The molecule has 0 saturated carbocycles. The number of aromatic nitrogens is 4. The van der Waals surface area contributed by atoms with E-state index in [0.717, 1.165) is 123 Å². The van der Waals surface area contributed by atoms with E-state index in [0.29, 0.717) is 25.8 Å². The molecule has 0 radical (unpaired) electrons. The first-order valence-electron chi connectivity index (χ1n) is 29.8. The Bertz CT molecular complexity index is 3290. The molecular formula is C69H84N8O4. The molecule has 6 aromatic carbocycles. The number of likely N-dealkylation sites (tertiary alicyclic amines) is 2. The molecule has 2 aromatic heterocycles. The van der Waals surface area contributed by atoms with E-state index in [1.165, 1.54) is 27.7 Å². The Kier molecular flexibility index (Phi) is 19.9. The molecule has 2 aliphatic rings. The van der Waals surface area contributed by atoms with Gasteiger partial charge in [-0.25, -0.2) is 14.8 Å². The van der Waals surface area contributed by atoms with E-state index >= 15 is 0 Å². The van der Waals surface area contributed by atoms with Crippen LogP contribution in [0.4, 0.5) is 4.79 Å². The lowest BCUT2D eigenvalue weighted by atomic mass is 9.95. The highest BCUT2D eigenvalue weighted by Crippen LogP contribution is 2.33. The number of amides is 3. The topological polar surface area (TPSA) is 141 Å². The average molecular weight is 1090 g/mol. The lowest BCUT2D eigenvalue weighted by Crippen LogP contribution is -2.46. The minimum Gasteiger partial charge on any atom is -0.444 e. The van der Waals surface area contributed by atoms with Crippen LogP contribution in [-0.4, -0.2) is 90.7 Å². The molecule has 2 saturated heterocycles. The highest BCUT2D eigenvalue weighted by molar-refractivity contribution is 5.80. The number of piperidine rings is 2. The quantitative estimate of drug-likeness (QED) is 0.0821. The number of carbonyl (C=O) groups excluding carboxylic acids is 3. The summed E-state index contributed by atoms with van der Waals surface area (Å²) in [6.07, 6.45) is 9.80. The molecule has 0 unspecified atom stereocenters. The number of nitrogens with zero attached hydrogens (tertiary/aromatic N) is 6.